The highest BCUT2D eigenvalue weighted by Crippen LogP contribution is 2.40. The van der Waals surface area contributed by atoms with Crippen molar-refractivity contribution < 1.29 is 13.6 Å². The number of nitrogens with one attached hydrogen (secondary N) is 1. The zero-order valence-corrected chi connectivity index (χ0v) is 16.9. The number of benzene rings is 1. The molecule has 1 atom stereocenters. The van der Waals surface area contributed by atoms with Crippen LogP contribution < -0.4 is 5.32 Å². The molecule has 1 saturated carbocycles. The average molecular weight is 421 g/mol. The van der Waals surface area contributed by atoms with E-state index in [0.717, 1.165) is 28.6 Å². The van der Waals surface area contributed by atoms with Crippen molar-refractivity contribution in [2.75, 3.05) is 0 Å². The van der Waals surface area contributed by atoms with Gasteiger partial charge in [-0.15, -0.1) is 0 Å². The minimum absolute atomic E-state index is 0.0677. The first-order valence-electron chi connectivity index (χ1n) is 10.2. The molecule has 0 saturated heterocycles. The molecular weight excluding hydrogens is 400 g/mol. The highest BCUT2D eigenvalue weighted by molar-refractivity contribution is 5.93. The zero-order chi connectivity index (χ0) is 21.5. The summed E-state index contributed by atoms with van der Waals surface area (Å²) in [6, 6.07) is 14.3. The van der Waals surface area contributed by atoms with Gasteiger partial charge in [0.25, 0.3) is 12.3 Å². The van der Waals surface area contributed by atoms with E-state index in [1.807, 2.05) is 60.3 Å². The number of aromatic nitrogens is 4. The fraction of sp³-hybridized carbons (Fsp3) is 0.261. The molecule has 1 aromatic carbocycles. The number of carbonyl (C=O) groups is 1. The third-order valence-electron chi connectivity index (χ3n) is 5.57. The van der Waals surface area contributed by atoms with Gasteiger partial charge in [-0.05, 0) is 55.7 Å². The summed E-state index contributed by atoms with van der Waals surface area (Å²) >= 11 is 0. The lowest BCUT2D eigenvalue weighted by Gasteiger charge is -2.14. The van der Waals surface area contributed by atoms with Gasteiger partial charge in [0.15, 0.2) is 11.3 Å². The second-order valence-electron chi connectivity index (χ2n) is 7.86. The van der Waals surface area contributed by atoms with Crippen molar-refractivity contribution in [2.45, 2.75) is 38.2 Å². The predicted octanol–water partition coefficient (Wildman–Crippen LogP) is 4.83. The highest BCUT2D eigenvalue weighted by Gasteiger charge is 2.28. The minimum atomic E-state index is -2.70. The third kappa shape index (κ3) is 3.81. The molecule has 1 amide bonds. The SMILES string of the molecule is CC(NC(=O)c1cc2nc(C3CC3)cc(C(F)F)n2n1)c1ccc(-n2cccc2)cc1. The second-order valence-corrected chi connectivity index (χ2v) is 7.86. The van der Waals surface area contributed by atoms with E-state index < -0.39 is 12.3 Å². The number of alkyl halides is 2. The molecule has 5 rings (SSSR count). The van der Waals surface area contributed by atoms with E-state index in [0.29, 0.717) is 5.69 Å². The van der Waals surface area contributed by atoms with Crippen LogP contribution in [0.4, 0.5) is 8.78 Å². The fourth-order valence-corrected chi connectivity index (χ4v) is 3.67. The van der Waals surface area contributed by atoms with Crippen LogP contribution in [-0.2, 0) is 0 Å². The van der Waals surface area contributed by atoms with Gasteiger partial charge >= 0.3 is 0 Å². The summed E-state index contributed by atoms with van der Waals surface area (Å²) in [6.07, 6.45) is 3.12. The second kappa shape index (κ2) is 7.61. The Morgan fingerprint density at radius 1 is 1.13 bits per heavy atom. The van der Waals surface area contributed by atoms with Crippen molar-refractivity contribution in [3.05, 3.63) is 83.6 Å². The summed E-state index contributed by atoms with van der Waals surface area (Å²) in [5.41, 5.74) is 2.69. The molecule has 1 fully saturated rings. The number of rotatable bonds is 6. The van der Waals surface area contributed by atoms with Crippen LogP contribution in [0.3, 0.4) is 0 Å². The van der Waals surface area contributed by atoms with Crippen molar-refractivity contribution in [1.82, 2.24) is 24.5 Å². The highest BCUT2D eigenvalue weighted by atomic mass is 19.3. The van der Waals surface area contributed by atoms with Crippen molar-refractivity contribution in [3.63, 3.8) is 0 Å². The first-order chi connectivity index (χ1) is 15.0. The number of amides is 1. The zero-order valence-electron chi connectivity index (χ0n) is 16.9. The molecule has 31 heavy (non-hydrogen) atoms. The lowest BCUT2D eigenvalue weighted by atomic mass is 10.1. The summed E-state index contributed by atoms with van der Waals surface area (Å²) < 4.78 is 30.2. The topological polar surface area (TPSA) is 64.2 Å². The van der Waals surface area contributed by atoms with Crippen molar-refractivity contribution >= 4 is 11.6 Å². The molecule has 0 spiro atoms. The van der Waals surface area contributed by atoms with Crippen LogP contribution >= 0.6 is 0 Å². The quantitative estimate of drug-likeness (QED) is 0.485. The summed E-state index contributed by atoms with van der Waals surface area (Å²) in [6.45, 7) is 1.87. The third-order valence-corrected chi connectivity index (χ3v) is 5.57. The maximum Gasteiger partial charge on any atom is 0.280 e. The molecule has 1 N–H and O–H groups in total. The summed E-state index contributed by atoms with van der Waals surface area (Å²) in [4.78, 5) is 17.2. The smallest absolute Gasteiger partial charge is 0.280 e. The molecule has 8 heteroatoms. The number of nitrogens with zero attached hydrogens (tertiary/aromatic N) is 4. The van der Waals surface area contributed by atoms with Crippen LogP contribution in [0.15, 0.2) is 60.9 Å². The van der Waals surface area contributed by atoms with E-state index in [1.165, 1.54) is 12.1 Å². The Bertz CT molecular complexity index is 1230. The van der Waals surface area contributed by atoms with Crippen LogP contribution in [0.2, 0.25) is 0 Å². The van der Waals surface area contributed by atoms with Gasteiger partial charge in [-0.2, -0.15) is 5.10 Å². The number of halogens is 2. The van der Waals surface area contributed by atoms with E-state index in [-0.39, 0.29) is 29.0 Å². The van der Waals surface area contributed by atoms with Crippen LogP contribution in [0.1, 0.15) is 65.6 Å². The number of hydrogen-bond donors (Lipinski definition) is 1. The van der Waals surface area contributed by atoms with Gasteiger partial charge in [-0.25, -0.2) is 18.3 Å². The molecule has 6 nitrogen and oxygen atoms in total. The Labute approximate surface area is 177 Å². The molecule has 4 aromatic rings. The number of hydrogen-bond acceptors (Lipinski definition) is 3. The fourth-order valence-electron chi connectivity index (χ4n) is 3.67. The van der Waals surface area contributed by atoms with Gasteiger partial charge in [0, 0.05) is 35.8 Å². The Hall–Kier alpha value is -3.55. The lowest BCUT2D eigenvalue weighted by Crippen LogP contribution is -2.27. The Morgan fingerprint density at radius 2 is 1.84 bits per heavy atom. The summed E-state index contributed by atoms with van der Waals surface area (Å²) in [7, 11) is 0. The van der Waals surface area contributed by atoms with Crippen LogP contribution in [0.25, 0.3) is 11.3 Å². The van der Waals surface area contributed by atoms with Gasteiger partial charge in [0.05, 0.1) is 6.04 Å². The molecule has 0 bridgehead atoms. The Balaban J connectivity index is 1.36. The van der Waals surface area contributed by atoms with Crippen LogP contribution in [0.5, 0.6) is 0 Å². The lowest BCUT2D eigenvalue weighted by molar-refractivity contribution is 0.0933. The van der Waals surface area contributed by atoms with E-state index >= 15 is 0 Å². The molecule has 1 aliphatic carbocycles. The van der Waals surface area contributed by atoms with E-state index in [2.05, 4.69) is 15.4 Å². The first-order valence-corrected chi connectivity index (χ1v) is 10.2. The minimum Gasteiger partial charge on any atom is -0.344 e. The predicted molar refractivity (Wildman–Crippen MR) is 112 cm³/mol. The molecular formula is C23H21F2N5O. The van der Waals surface area contributed by atoms with Gasteiger partial charge in [0.2, 0.25) is 0 Å². The average Bonchev–Trinajstić information content (AvgIpc) is 3.29. The van der Waals surface area contributed by atoms with Gasteiger partial charge in [-0.3, -0.25) is 4.79 Å². The number of fused-ring (bicyclic) bond motifs is 1. The molecule has 1 unspecified atom stereocenters. The molecule has 3 heterocycles. The monoisotopic (exact) mass is 421 g/mol. The normalized spacial score (nSPS) is 14.8. The van der Waals surface area contributed by atoms with Crippen molar-refractivity contribution in [3.8, 4) is 5.69 Å². The van der Waals surface area contributed by atoms with E-state index in [1.54, 1.807) is 0 Å². The van der Waals surface area contributed by atoms with Gasteiger partial charge < -0.3 is 9.88 Å². The first kappa shape index (κ1) is 19.4. The molecule has 3 aromatic heterocycles. The standard InChI is InChI=1S/C23H21F2N5O/c1-14(15-6-8-17(9-7-15)29-10-2-3-11-29)26-23(31)19-13-21-27-18(16-4-5-16)12-20(22(24)25)30(21)28-19/h2-3,6-14,16,22H,4-5H2,1H3,(H,26,31). The van der Waals surface area contributed by atoms with E-state index in [4.69, 9.17) is 0 Å². The maximum absolute atomic E-state index is 13.5. The largest absolute Gasteiger partial charge is 0.344 e. The van der Waals surface area contributed by atoms with Crippen LogP contribution in [-0.4, -0.2) is 25.1 Å². The number of carbonyl (C=O) groups excluding carboxylic acids is 1. The maximum atomic E-state index is 13.5. The molecule has 0 aliphatic heterocycles. The van der Waals surface area contributed by atoms with Gasteiger partial charge in [0.1, 0.15) is 5.69 Å². The Kier molecular flexibility index (Phi) is 4.77. The van der Waals surface area contributed by atoms with E-state index in [9.17, 15) is 13.6 Å². The molecule has 1 aliphatic rings. The van der Waals surface area contributed by atoms with Crippen molar-refractivity contribution in [1.29, 1.82) is 0 Å². The van der Waals surface area contributed by atoms with Crippen molar-refractivity contribution in [2.24, 2.45) is 0 Å². The summed E-state index contributed by atoms with van der Waals surface area (Å²) in [5, 5.41) is 7.00. The van der Waals surface area contributed by atoms with Gasteiger partial charge in [-0.1, -0.05) is 12.1 Å². The Morgan fingerprint density at radius 3 is 2.48 bits per heavy atom. The molecule has 0 radical (unpaired) electrons. The summed E-state index contributed by atoms with van der Waals surface area (Å²) in [5.74, 6) is -0.204. The van der Waals surface area contributed by atoms with Crippen LogP contribution in [0, 0.1) is 0 Å². The molecule has 158 valence electrons.